The first-order valence-corrected chi connectivity index (χ1v) is 18.6. The van der Waals surface area contributed by atoms with Crippen molar-refractivity contribution >= 4 is 24.0 Å². The number of likely N-dealkylation sites (tertiary alicyclic amines) is 1. The van der Waals surface area contributed by atoms with E-state index in [9.17, 15) is 19.2 Å². The van der Waals surface area contributed by atoms with E-state index < -0.39 is 36.4 Å². The number of nitrogens with two attached hydrogens (primary N) is 1. The number of hydrogen-bond donors (Lipinski definition) is 4. The number of methoxy groups -OCH3 is 3. The predicted octanol–water partition coefficient (Wildman–Crippen LogP) is 4.70. The molecule has 2 aromatic heterocycles. The van der Waals surface area contributed by atoms with Crippen LogP contribution in [0, 0.1) is 11.8 Å². The van der Waals surface area contributed by atoms with Crippen LogP contribution in [0.1, 0.15) is 51.5 Å². The second-order valence-corrected chi connectivity index (χ2v) is 14.2. The highest BCUT2D eigenvalue weighted by atomic mass is 16.6. The Bertz CT molecular complexity index is 1950. The number of hydrogen-bond acceptors (Lipinski definition) is 10. The molecule has 0 saturated carbocycles. The zero-order valence-corrected chi connectivity index (χ0v) is 32.7. The van der Waals surface area contributed by atoms with E-state index in [-0.39, 0.29) is 43.3 Å². The van der Waals surface area contributed by atoms with Crippen molar-refractivity contribution in [2.75, 3.05) is 47.6 Å². The molecule has 300 valence electrons. The van der Waals surface area contributed by atoms with Crippen LogP contribution in [-0.4, -0.2) is 108 Å². The first kappa shape index (κ1) is 41.4. The number of nitrogens with zero attached hydrogens (tertiary/aromatic N) is 4. The van der Waals surface area contributed by atoms with Gasteiger partial charge < -0.3 is 49.8 Å². The summed E-state index contributed by atoms with van der Waals surface area (Å²) in [7, 11) is 4.27. The number of imidazole rings is 2. The number of primary amides is 1. The SMILES string of the molecule is COCC[C@H](NC(=O)OC)C(=O)N[C@@H](C(C)C)n1cnc(-c2cc(-c3cnc(C4CCN(C(=O)C(COC)C(C)OC(N)=O)C4)[nH]3)ccc2-c2ccccc2)c1. The highest BCUT2D eigenvalue weighted by molar-refractivity contribution is 5.86. The summed E-state index contributed by atoms with van der Waals surface area (Å²) in [6, 6.07) is 15.3. The number of carbonyl (C=O) groups is 4. The number of rotatable bonds is 17. The van der Waals surface area contributed by atoms with E-state index in [0.29, 0.717) is 25.2 Å². The summed E-state index contributed by atoms with van der Waals surface area (Å²) in [5.41, 5.74) is 10.4. The molecule has 16 heteroatoms. The van der Waals surface area contributed by atoms with Crippen LogP contribution in [0.3, 0.4) is 0 Å². The molecular weight excluding hydrogens is 720 g/mol. The van der Waals surface area contributed by atoms with E-state index in [1.54, 1.807) is 24.3 Å². The third-order valence-corrected chi connectivity index (χ3v) is 9.95. The smallest absolute Gasteiger partial charge is 0.407 e. The largest absolute Gasteiger partial charge is 0.453 e. The highest BCUT2D eigenvalue weighted by Crippen LogP contribution is 2.36. The number of benzene rings is 2. The molecule has 2 aromatic carbocycles. The van der Waals surface area contributed by atoms with Crippen molar-refractivity contribution in [2.24, 2.45) is 17.6 Å². The predicted molar refractivity (Wildman–Crippen MR) is 208 cm³/mol. The van der Waals surface area contributed by atoms with E-state index in [1.165, 1.54) is 21.3 Å². The molecule has 5 rings (SSSR count). The second kappa shape index (κ2) is 19.2. The molecule has 1 saturated heterocycles. The molecule has 4 aromatic rings. The van der Waals surface area contributed by atoms with E-state index in [2.05, 4.69) is 27.8 Å². The number of ether oxygens (including phenoxy) is 4. The molecule has 3 unspecified atom stereocenters. The van der Waals surface area contributed by atoms with Crippen molar-refractivity contribution < 1.29 is 38.1 Å². The fraction of sp³-hybridized carbons (Fsp3) is 0.450. The minimum absolute atomic E-state index is 0.0258. The molecular formula is C40H52N8O8. The van der Waals surface area contributed by atoms with Crippen molar-refractivity contribution in [1.29, 1.82) is 0 Å². The third-order valence-electron chi connectivity index (χ3n) is 9.95. The quantitative estimate of drug-likeness (QED) is 0.116. The van der Waals surface area contributed by atoms with Gasteiger partial charge in [-0.25, -0.2) is 19.6 Å². The van der Waals surface area contributed by atoms with E-state index >= 15 is 0 Å². The van der Waals surface area contributed by atoms with Crippen molar-refractivity contribution in [3.05, 3.63) is 73.1 Å². The van der Waals surface area contributed by atoms with Crippen LogP contribution in [0.15, 0.2) is 67.3 Å². The molecule has 0 bridgehead atoms. The number of H-pyrrole nitrogens is 1. The third kappa shape index (κ3) is 10.1. The molecule has 1 fully saturated rings. The van der Waals surface area contributed by atoms with Crippen molar-refractivity contribution in [3.63, 3.8) is 0 Å². The van der Waals surface area contributed by atoms with E-state index in [1.807, 2.05) is 61.0 Å². The van der Waals surface area contributed by atoms with Crippen LogP contribution in [-0.2, 0) is 28.5 Å². The van der Waals surface area contributed by atoms with Gasteiger partial charge in [0.25, 0.3) is 0 Å². The van der Waals surface area contributed by atoms with Gasteiger partial charge in [-0.1, -0.05) is 56.3 Å². The normalized spacial score (nSPS) is 16.2. The second-order valence-electron chi connectivity index (χ2n) is 14.2. The number of amides is 4. The highest BCUT2D eigenvalue weighted by Gasteiger charge is 2.36. The molecule has 56 heavy (non-hydrogen) atoms. The Balaban J connectivity index is 1.40. The Hall–Kier alpha value is -5.74. The Morgan fingerprint density at radius 3 is 2.41 bits per heavy atom. The Morgan fingerprint density at radius 2 is 1.73 bits per heavy atom. The maximum absolute atomic E-state index is 13.5. The number of carbonyl (C=O) groups excluding carboxylic acids is 4. The Labute approximate surface area is 326 Å². The minimum atomic E-state index is -0.940. The maximum atomic E-state index is 13.5. The van der Waals surface area contributed by atoms with Gasteiger partial charge >= 0.3 is 12.2 Å². The van der Waals surface area contributed by atoms with Crippen LogP contribution in [0.4, 0.5) is 9.59 Å². The number of aromatic amines is 1. The van der Waals surface area contributed by atoms with Gasteiger partial charge in [0.1, 0.15) is 24.1 Å². The van der Waals surface area contributed by atoms with Crippen molar-refractivity contribution in [1.82, 2.24) is 35.1 Å². The van der Waals surface area contributed by atoms with Crippen LogP contribution in [0.5, 0.6) is 0 Å². The summed E-state index contributed by atoms with van der Waals surface area (Å²) in [5, 5.41) is 5.67. The number of nitrogens with one attached hydrogen (secondary N) is 3. The summed E-state index contributed by atoms with van der Waals surface area (Å²) in [5.74, 6) is -0.527. The molecule has 4 amide bonds. The summed E-state index contributed by atoms with van der Waals surface area (Å²) < 4.78 is 22.1. The Kier molecular flexibility index (Phi) is 14.2. The molecule has 1 aliphatic rings. The first-order valence-electron chi connectivity index (χ1n) is 18.6. The summed E-state index contributed by atoms with van der Waals surface area (Å²) in [6.45, 7) is 6.95. The average molecular weight is 773 g/mol. The van der Waals surface area contributed by atoms with Gasteiger partial charge in [-0.2, -0.15) is 0 Å². The molecule has 5 atom stereocenters. The topological polar surface area (TPSA) is 205 Å². The zero-order chi connectivity index (χ0) is 40.4. The summed E-state index contributed by atoms with van der Waals surface area (Å²) in [6.07, 6.45) is 3.50. The zero-order valence-electron chi connectivity index (χ0n) is 32.7. The first-order chi connectivity index (χ1) is 26.9. The molecule has 0 radical (unpaired) electrons. The van der Waals surface area contributed by atoms with Gasteiger partial charge in [0.15, 0.2) is 0 Å². The number of aromatic nitrogens is 4. The fourth-order valence-electron chi connectivity index (χ4n) is 6.92. The lowest BCUT2D eigenvalue weighted by Gasteiger charge is -2.26. The van der Waals surface area contributed by atoms with E-state index in [0.717, 1.165) is 33.8 Å². The van der Waals surface area contributed by atoms with Crippen LogP contribution in [0.2, 0.25) is 0 Å². The van der Waals surface area contributed by atoms with Gasteiger partial charge in [-0.15, -0.1) is 0 Å². The molecule has 16 nitrogen and oxygen atoms in total. The van der Waals surface area contributed by atoms with Crippen molar-refractivity contribution in [2.45, 2.75) is 57.8 Å². The summed E-state index contributed by atoms with van der Waals surface area (Å²) >= 11 is 0. The van der Waals surface area contributed by atoms with Gasteiger partial charge in [0.05, 0.1) is 43.5 Å². The molecule has 1 aliphatic heterocycles. The summed E-state index contributed by atoms with van der Waals surface area (Å²) in [4.78, 5) is 65.1. The molecule has 5 N–H and O–H groups in total. The maximum Gasteiger partial charge on any atom is 0.407 e. The minimum Gasteiger partial charge on any atom is -0.453 e. The van der Waals surface area contributed by atoms with Gasteiger partial charge in [0, 0.05) is 63.6 Å². The van der Waals surface area contributed by atoms with Crippen molar-refractivity contribution in [3.8, 4) is 33.6 Å². The monoisotopic (exact) mass is 772 g/mol. The standard InChI is InChI=1S/C40H52N8O8/c1-24(2)36(46-37(49)32(15-17-53-4)45-40(52)55-6)48-21-34(43-23-48)30-18-27(12-13-29(30)26-10-8-7-9-11-26)33-19-42-35(44-33)28-14-16-47(20-28)38(50)31(22-54-5)25(3)56-39(41)51/h7-13,18-19,21,23-25,28,31-32,36H,14-17,20,22H2,1-6H3,(H2,41,51)(H,42,44)(H,45,52)(H,46,49)/t25?,28?,31?,32-,36+/m0/s1. The lowest BCUT2D eigenvalue weighted by Crippen LogP contribution is -2.49. The van der Waals surface area contributed by atoms with Gasteiger partial charge in [-0.3, -0.25) is 9.59 Å². The fourth-order valence-corrected chi connectivity index (χ4v) is 6.92. The van der Waals surface area contributed by atoms with Crippen LogP contribution >= 0.6 is 0 Å². The lowest BCUT2D eigenvalue weighted by molar-refractivity contribution is -0.140. The van der Waals surface area contributed by atoms with Gasteiger partial charge in [0.2, 0.25) is 11.8 Å². The Morgan fingerprint density at radius 1 is 0.964 bits per heavy atom. The molecule has 0 aliphatic carbocycles. The van der Waals surface area contributed by atoms with Crippen LogP contribution < -0.4 is 16.4 Å². The van der Waals surface area contributed by atoms with Gasteiger partial charge in [-0.05, 0) is 36.5 Å². The number of alkyl carbamates (subject to hydrolysis) is 1. The lowest BCUT2D eigenvalue weighted by atomic mass is 9.95. The molecule has 0 spiro atoms. The average Bonchev–Trinajstić information content (AvgIpc) is 3.99. The van der Waals surface area contributed by atoms with E-state index in [4.69, 9.17) is 34.6 Å². The van der Waals surface area contributed by atoms with Crippen LogP contribution in [0.25, 0.3) is 33.6 Å². The molecule has 3 heterocycles.